The van der Waals surface area contributed by atoms with Crippen LogP contribution in [-0.2, 0) is 5.41 Å². The molecule has 0 N–H and O–H groups in total. The van der Waals surface area contributed by atoms with Gasteiger partial charge in [0.15, 0.2) is 0 Å². The molecule has 0 radical (unpaired) electrons. The molecule has 0 saturated carbocycles. The summed E-state index contributed by atoms with van der Waals surface area (Å²) < 4.78 is 0. The lowest BCUT2D eigenvalue weighted by Gasteiger charge is -2.19. The number of amides is 1. The molecular formula is C13H19NO. The molecular weight excluding hydrogens is 186 g/mol. The Balaban J connectivity index is 2.96. The zero-order valence-electron chi connectivity index (χ0n) is 10.2. The van der Waals surface area contributed by atoms with Gasteiger partial charge in [-0.1, -0.05) is 32.9 Å². The van der Waals surface area contributed by atoms with Crippen LogP contribution in [0.4, 0.5) is 0 Å². The van der Waals surface area contributed by atoms with E-state index >= 15 is 0 Å². The largest absolute Gasteiger partial charge is 0.345 e. The van der Waals surface area contributed by atoms with E-state index in [9.17, 15) is 4.79 Å². The van der Waals surface area contributed by atoms with Crippen molar-refractivity contribution in [2.75, 3.05) is 14.1 Å². The first kappa shape index (κ1) is 11.8. The maximum absolute atomic E-state index is 11.6. The third-order valence-corrected chi connectivity index (χ3v) is 2.40. The molecule has 1 aromatic rings. The predicted octanol–water partition coefficient (Wildman–Crippen LogP) is 2.69. The molecule has 15 heavy (non-hydrogen) atoms. The van der Waals surface area contributed by atoms with Crippen molar-refractivity contribution in [3.8, 4) is 0 Å². The van der Waals surface area contributed by atoms with E-state index < -0.39 is 0 Å². The topological polar surface area (TPSA) is 20.3 Å². The summed E-state index contributed by atoms with van der Waals surface area (Å²) in [5.74, 6) is 0.0514. The van der Waals surface area contributed by atoms with Crippen LogP contribution in [0.15, 0.2) is 24.3 Å². The molecule has 0 atom stereocenters. The number of carbonyl (C=O) groups excluding carboxylic acids is 1. The molecule has 0 fully saturated rings. The molecule has 0 saturated heterocycles. The zero-order chi connectivity index (χ0) is 11.6. The second-order valence-corrected chi connectivity index (χ2v) is 5.03. The fraction of sp³-hybridized carbons (Fsp3) is 0.462. The van der Waals surface area contributed by atoms with Gasteiger partial charge >= 0.3 is 0 Å². The zero-order valence-corrected chi connectivity index (χ0v) is 10.2. The number of carbonyl (C=O) groups is 1. The maximum atomic E-state index is 11.6. The molecule has 0 unspecified atom stereocenters. The summed E-state index contributed by atoms with van der Waals surface area (Å²) in [6, 6.07) is 7.83. The van der Waals surface area contributed by atoms with E-state index in [4.69, 9.17) is 0 Å². The Morgan fingerprint density at radius 3 is 1.87 bits per heavy atom. The Labute approximate surface area is 91.9 Å². The average Bonchev–Trinajstić information content (AvgIpc) is 2.15. The fourth-order valence-corrected chi connectivity index (χ4v) is 1.37. The van der Waals surface area contributed by atoms with Crippen LogP contribution in [0.1, 0.15) is 36.7 Å². The quantitative estimate of drug-likeness (QED) is 0.690. The Hall–Kier alpha value is -1.31. The van der Waals surface area contributed by atoms with E-state index in [2.05, 4.69) is 20.8 Å². The molecule has 0 heterocycles. The van der Waals surface area contributed by atoms with Crippen molar-refractivity contribution in [1.29, 1.82) is 0 Å². The summed E-state index contributed by atoms with van der Waals surface area (Å²) in [5.41, 5.74) is 2.13. The highest BCUT2D eigenvalue weighted by Crippen LogP contribution is 2.22. The molecule has 1 amide bonds. The second kappa shape index (κ2) is 4.05. The van der Waals surface area contributed by atoms with Crippen LogP contribution in [0.25, 0.3) is 0 Å². The molecule has 1 rings (SSSR count). The van der Waals surface area contributed by atoms with Gasteiger partial charge in [-0.05, 0) is 23.1 Å². The van der Waals surface area contributed by atoms with Crippen LogP contribution in [-0.4, -0.2) is 24.9 Å². The fourth-order valence-electron chi connectivity index (χ4n) is 1.37. The van der Waals surface area contributed by atoms with Gasteiger partial charge < -0.3 is 4.90 Å². The van der Waals surface area contributed by atoms with Gasteiger partial charge in [0.25, 0.3) is 5.91 Å². The number of benzene rings is 1. The lowest BCUT2D eigenvalue weighted by molar-refractivity contribution is 0.0827. The van der Waals surface area contributed by atoms with E-state index in [1.54, 1.807) is 19.0 Å². The smallest absolute Gasteiger partial charge is 0.253 e. The van der Waals surface area contributed by atoms with Gasteiger partial charge in [0.2, 0.25) is 0 Å². The number of nitrogens with zero attached hydrogens (tertiary/aromatic N) is 1. The molecule has 0 aliphatic carbocycles. The van der Waals surface area contributed by atoms with E-state index in [1.807, 2.05) is 24.3 Å². The highest BCUT2D eigenvalue weighted by Gasteiger charge is 2.14. The minimum Gasteiger partial charge on any atom is -0.345 e. The van der Waals surface area contributed by atoms with Gasteiger partial charge in [-0.3, -0.25) is 4.79 Å². The SMILES string of the molecule is CN(C)C(=O)c1ccc(C(C)(C)C)cc1. The van der Waals surface area contributed by atoms with E-state index in [0.29, 0.717) is 0 Å². The molecule has 2 nitrogen and oxygen atoms in total. The van der Waals surface area contributed by atoms with Gasteiger partial charge in [-0.15, -0.1) is 0 Å². The first-order valence-corrected chi connectivity index (χ1v) is 5.14. The minimum absolute atomic E-state index is 0.0514. The highest BCUT2D eigenvalue weighted by atomic mass is 16.2. The summed E-state index contributed by atoms with van der Waals surface area (Å²) in [5, 5.41) is 0. The van der Waals surface area contributed by atoms with Crippen molar-refractivity contribution in [2.24, 2.45) is 0 Å². The molecule has 0 aliphatic heterocycles. The Morgan fingerprint density at radius 1 is 1.07 bits per heavy atom. The van der Waals surface area contributed by atoms with Gasteiger partial charge in [-0.2, -0.15) is 0 Å². The molecule has 1 aromatic carbocycles. The van der Waals surface area contributed by atoms with Crippen molar-refractivity contribution in [1.82, 2.24) is 4.90 Å². The lowest BCUT2D eigenvalue weighted by Crippen LogP contribution is -2.21. The number of rotatable bonds is 1. The van der Waals surface area contributed by atoms with Crippen molar-refractivity contribution in [3.63, 3.8) is 0 Å². The summed E-state index contributed by atoms with van der Waals surface area (Å²) >= 11 is 0. The van der Waals surface area contributed by atoms with Crippen LogP contribution in [0.5, 0.6) is 0 Å². The molecule has 0 spiro atoms. The Morgan fingerprint density at radius 2 is 1.53 bits per heavy atom. The molecule has 0 aromatic heterocycles. The average molecular weight is 205 g/mol. The van der Waals surface area contributed by atoms with Crippen LogP contribution in [0.3, 0.4) is 0 Å². The highest BCUT2D eigenvalue weighted by molar-refractivity contribution is 5.93. The van der Waals surface area contributed by atoms with E-state index in [0.717, 1.165) is 5.56 Å². The number of hydrogen-bond donors (Lipinski definition) is 0. The maximum Gasteiger partial charge on any atom is 0.253 e. The minimum atomic E-state index is 0.0514. The number of hydrogen-bond acceptors (Lipinski definition) is 1. The first-order valence-electron chi connectivity index (χ1n) is 5.14. The molecule has 0 aliphatic rings. The van der Waals surface area contributed by atoms with Crippen molar-refractivity contribution < 1.29 is 4.79 Å². The third-order valence-electron chi connectivity index (χ3n) is 2.40. The van der Waals surface area contributed by atoms with Crippen molar-refractivity contribution in [2.45, 2.75) is 26.2 Å². The summed E-state index contributed by atoms with van der Waals surface area (Å²) in [6.07, 6.45) is 0. The second-order valence-electron chi connectivity index (χ2n) is 5.03. The molecule has 0 bridgehead atoms. The van der Waals surface area contributed by atoms with Crippen molar-refractivity contribution >= 4 is 5.91 Å². The van der Waals surface area contributed by atoms with Gasteiger partial charge in [0.1, 0.15) is 0 Å². The lowest BCUT2D eigenvalue weighted by atomic mass is 9.86. The predicted molar refractivity (Wildman–Crippen MR) is 63.2 cm³/mol. The Kier molecular flexibility index (Phi) is 3.18. The van der Waals surface area contributed by atoms with Crippen LogP contribution in [0, 0.1) is 0 Å². The van der Waals surface area contributed by atoms with Gasteiger partial charge in [0, 0.05) is 19.7 Å². The summed E-state index contributed by atoms with van der Waals surface area (Å²) in [6.45, 7) is 6.49. The molecule has 2 heteroatoms. The monoisotopic (exact) mass is 205 g/mol. The van der Waals surface area contributed by atoms with Crippen LogP contribution >= 0.6 is 0 Å². The van der Waals surface area contributed by atoms with E-state index in [-0.39, 0.29) is 11.3 Å². The van der Waals surface area contributed by atoms with E-state index in [1.165, 1.54) is 5.56 Å². The first-order chi connectivity index (χ1) is 6.82. The standard InChI is InChI=1S/C13H19NO/c1-13(2,3)11-8-6-10(7-9-11)12(15)14(4)5/h6-9H,1-5H3. The van der Waals surface area contributed by atoms with Crippen LogP contribution < -0.4 is 0 Å². The Bertz CT molecular complexity index is 344. The normalized spacial score (nSPS) is 11.3. The third kappa shape index (κ3) is 2.82. The van der Waals surface area contributed by atoms with Gasteiger partial charge in [0.05, 0.1) is 0 Å². The summed E-state index contributed by atoms with van der Waals surface area (Å²) in [4.78, 5) is 13.2. The van der Waals surface area contributed by atoms with Gasteiger partial charge in [-0.25, -0.2) is 0 Å². The molecule has 82 valence electrons. The van der Waals surface area contributed by atoms with Crippen molar-refractivity contribution in [3.05, 3.63) is 35.4 Å². The summed E-state index contributed by atoms with van der Waals surface area (Å²) in [7, 11) is 3.53. The van der Waals surface area contributed by atoms with Crippen LogP contribution in [0.2, 0.25) is 0 Å².